The summed E-state index contributed by atoms with van der Waals surface area (Å²) in [4.78, 5) is 27.4. The predicted octanol–water partition coefficient (Wildman–Crippen LogP) is 2.93. The van der Waals surface area contributed by atoms with Crippen molar-refractivity contribution in [2.75, 3.05) is 0 Å². The Bertz CT molecular complexity index is 767. The molecule has 5 nitrogen and oxygen atoms in total. The van der Waals surface area contributed by atoms with Gasteiger partial charge in [-0.2, -0.15) is 0 Å². The van der Waals surface area contributed by atoms with Crippen molar-refractivity contribution in [3.05, 3.63) is 82.4 Å². The first-order valence-corrected chi connectivity index (χ1v) is 7.26. The highest BCUT2D eigenvalue weighted by Gasteiger charge is 2.36. The van der Waals surface area contributed by atoms with E-state index in [1.54, 1.807) is 6.08 Å². The van der Waals surface area contributed by atoms with Gasteiger partial charge in [0.2, 0.25) is 6.04 Å². The van der Waals surface area contributed by atoms with Crippen LogP contribution in [-0.2, 0) is 11.3 Å². The van der Waals surface area contributed by atoms with Crippen LogP contribution in [0.2, 0.25) is 0 Å². The highest BCUT2D eigenvalue weighted by Crippen LogP contribution is 2.17. The van der Waals surface area contributed by atoms with Crippen LogP contribution in [0.25, 0.3) is 6.08 Å². The number of rotatable bonds is 4. The van der Waals surface area contributed by atoms with Crippen LogP contribution in [0.15, 0.2) is 76.5 Å². The number of amides is 1. The fraction of sp³-hybridized carbons (Fsp3) is 0.111. The van der Waals surface area contributed by atoms with Crippen molar-refractivity contribution in [3.8, 4) is 0 Å². The smallest absolute Gasteiger partial charge is 0.259 e. The van der Waals surface area contributed by atoms with Gasteiger partial charge in [0.1, 0.15) is 0 Å². The van der Waals surface area contributed by atoms with Crippen LogP contribution in [0.4, 0.5) is 0 Å². The molecule has 1 saturated heterocycles. The first-order valence-electron chi connectivity index (χ1n) is 7.26. The molecule has 0 radical (unpaired) electrons. The van der Waals surface area contributed by atoms with E-state index in [1.165, 1.54) is 0 Å². The largest absolute Gasteiger partial charge is 0.322 e. The zero-order chi connectivity index (χ0) is 16.1. The summed E-state index contributed by atoms with van der Waals surface area (Å²) in [6.45, 7) is 0.392. The quantitative estimate of drug-likeness (QED) is 0.882. The van der Waals surface area contributed by atoms with E-state index in [-0.39, 0.29) is 0 Å². The lowest BCUT2D eigenvalue weighted by Gasteiger charge is -2.03. The van der Waals surface area contributed by atoms with E-state index in [9.17, 15) is 9.70 Å². The summed E-state index contributed by atoms with van der Waals surface area (Å²) in [6.07, 6.45) is 1.80. The van der Waals surface area contributed by atoms with Gasteiger partial charge in [0.05, 0.1) is 18.0 Å². The lowest BCUT2D eigenvalue weighted by Crippen LogP contribution is -2.22. The summed E-state index contributed by atoms with van der Waals surface area (Å²) in [6, 6.07) is 18.1. The number of carbonyl (C=O) groups is 1. The van der Waals surface area contributed by atoms with Crippen molar-refractivity contribution in [2.45, 2.75) is 12.6 Å². The topological polar surface area (TPSA) is 70.9 Å². The lowest BCUT2D eigenvalue weighted by atomic mass is 10.1. The number of nitrogens with one attached hydrogen (secondary N) is 1. The first kappa shape index (κ1) is 14.8. The standard InChI is InChI=1S/C18H15N3O2/c22-18-17(21-23)16(19-12-14-9-5-2-6-10-14)15(20-18)11-13-7-3-1-4-8-13/h1-11,17H,12H2,(H,20,22). The van der Waals surface area contributed by atoms with E-state index in [4.69, 9.17) is 0 Å². The number of benzene rings is 2. The van der Waals surface area contributed by atoms with Gasteiger partial charge in [-0.1, -0.05) is 60.7 Å². The Hall–Kier alpha value is -3.08. The Morgan fingerprint density at radius 3 is 2.30 bits per heavy atom. The van der Waals surface area contributed by atoms with Crippen molar-refractivity contribution in [1.82, 2.24) is 5.32 Å². The summed E-state index contributed by atoms with van der Waals surface area (Å²) in [5, 5.41) is 5.61. The molecule has 0 aromatic heterocycles. The highest BCUT2D eigenvalue weighted by molar-refractivity contribution is 6.24. The second-order valence-corrected chi connectivity index (χ2v) is 5.15. The molecule has 1 unspecified atom stereocenters. The molecule has 1 heterocycles. The van der Waals surface area contributed by atoms with E-state index < -0.39 is 11.9 Å². The molecule has 0 bridgehead atoms. The minimum atomic E-state index is -1.09. The normalized spacial score (nSPS) is 20.7. The minimum absolute atomic E-state index is 0.387. The maximum atomic E-state index is 11.9. The molecule has 2 aromatic rings. The van der Waals surface area contributed by atoms with Crippen LogP contribution in [0.5, 0.6) is 0 Å². The molecule has 1 fully saturated rings. The molecular weight excluding hydrogens is 290 g/mol. The molecule has 3 rings (SSSR count). The molecule has 1 atom stereocenters. The lowest BCUT2D eigenvalue weighted by molar-refractivity contribution is -0.119. The number of aliphatic imine (C=N–C) groups is 1. The summed E-state index contributed by atoms with van der Waals surface area (Å²) < 4.78 is 0. The van der Waals surface area contributed by atoms with Gasteiger partial charge in [0.25, 0.3) is 5.91 Å². The van der Waals surface area contributed by atoms with Crippen LogP contribution in [0, 0.1) is 4.91 Å². The van der Waals surface area contributed by atoms with Gasteiger partial charge in [-0.3, -0.25) is 9.79 Å². The SMILES string of the molecule is O=NC1C(=O)NC(=Cc2ccccc2)C1=NCc1ccccc1. The average molecular weight is 305 g/mol. The monoisotopic (exact) mass is 305 g/mol. The molecule has 1 aliphatic heterocycles. The highest BCUT2D eigenvalue weighted by atomic mass is 16.3. The first-order chi connectivity index (χ1) is 11.3. The van der Waals surface area contributed by atoms with Gasteiger partial charge in [-0.25, -0.2) is 0 Å². The van der Waals surface area contributed by atoms with Crippen LogP contribution < -0.4 is 5.32 Å². The average Bonchev–Trinajstić information content (AvgIpc) is 2.89. The minimum Gasteiger partial charge on any atom is -0.322 e. The van der Waals surface area contributed by atoms with E-state index in [0.29, 0.717) is 18.0 Å². The fourth-order valence-corrected chi connectivity index (χ4v) is 2.39. The van der Waals surface area contributed by atoms with Gasteiger partial charge >= 0.3 is 0 Å². The summed E-state index contributed by atoms with van der Waals surface area (Å²) in [5.74, 6) is -0.436. The molecule has 0 saturated carbocycles. The van der Waals surface area contributed by atoms with E-state index in [0.717, 1.165) is 11.1 Å². The Balaban J connectivity index is 1.93. The van der Waals surface area contributed by atoms with E-state index in [1.807, 2.05) is 60.7 Å². The Morgan fingerprint density at radius 1 is 1.00 bits per heavy atom. The van der Waals surface area contributed by atoms with Crippen LogP contribution in [0.1, 0.15) is 11.1 Å². The maximum Gasteiger partial charge on any atom is 0.259 e. The zero-order valence-electron chi connectivity index (χ0n) is 12.3. The Labute approximate surface area is 133 Å². The zero-order valence-corrected chi connectivity index (χ0v) is 12.3. The summed E-state index contributed by atoms with van der Waals surface area (Å²) >= 11 is 0. The van der Waals surface area contributed by atoms with Gasteiger partial charge in [0.15, 0.2) is 0 Å². The van der Waals surface area contributed by atoms with Crippen molar-refractivity contribution < 1.29 is 4.79 Å². The number of nitroso groups, excluding NO2 is 1. The molecule has 0 spiro atoms. The van der Waals surface area contributed by atoms with Gasteiger partial charge < -0.3 is 5.32 Å². The van der Waals surface area contributed by atoms with Crippen molar-refractivity contribution in [3.63, 3.8) is 0 Å². The summed E-state index contributed by atoms with van der Waals surface area (Å²) in [5.41, 5.74) is 2.84. The van der Waals surface area contributed by atoms with Crippen molar-refractivity contribution in [1.29, 1.82) is 0 Å². The third-order valence-electron chi connectivity index (χ3n) is 3.53. The molecule has 1 aliphatic rings. The molecule has 1 amide bonds. The van der Waals surface area contributed by atoms with Gasteiger partial charge in [0, 0.05) is 0 Å². The summed E-state index contributed by atoms with van der Waals surface area (Å²) in [7, 11) is 0. The third-order valence-corrected chi connectivity index (χ3v) is 3.53. The number of nitrogens with zero attached hydrogens (tertiary/aromatic N) is 2. The molecule has 1 N–H and O–H groups in total. The number of hydrogen-bond acceptors (Lipinski definition) is 4. The van der Waals surface area contributed by atoms with Gasteiger partial charge in [-0.05, 0) is 22.4 Å². The molecule has 114 valence electrons. The number of hydrogen-bond donors (Lipinski definition) is 1. The Morgan fingerprint density at radius 2 is 1.65 bits per heavy atom. The second kappa shape index (κ2) is 6.79. The van der Waals surface area contributed by atoms with E-state index in [2.05, 4.69) is 15.5 Å². The molecule has 5 heteroatoms. The Kier molecular flexibility index (Phi) is 4.38. The molecule has 2 aromatic carbocycles. The third kappa shape index (κ3) is 3.40. The molecular formula is C18H15N3O2. The molecule has 23 heavy (non-hydrogen) atoms. The van der Waals surface area contributed by atoms with Gasteiger partial charge in [-0.15, -0.1) is 4.91 Å². The van der Waals surface area contributed by atoms with Crippen LogP contribution >= 0.6 is 0 Å². The predicted molar refractivity (Wildman–Crippen MR) is 89.7 cm³/mol. The van der Waals surface area contributed by atoms with Crippen LogP contribution in [0.3, 0.4) is 0 Å². The van der Waals surface area contributed by atoms with Crippen LogP contribution in [-0.4, -0.2) is 17.7 Å². The number of carbonyl (C=O) groups excluding carboxylic acids is 1. The maximum absolute atomic E-state index is 11.9. The van der Waals surface area contributed by atoms with Crippen molar-refractivity contribution in [2.24, 2.45) is 10.2 Å². The second-order valence-electron chi connectivity index (χ2n) is 5.15. The van der Waals surface area contributed by atoms with Crippen molar-refractivity contribution >= 4 is 17.7 Å². The molecule has 0 aliphatic carbocycles. The van der Waals surface area contributed by atoms with E-state index >= 15 is 0 Å². The fourth-order valence-electron chi connectivity index (χ4n) is 2.39.